The van der Waals surface area contributed by atoms with E-state index in [1.54, 1.807) is 0 Å². The van der Waals surface area contributed by atoms with E-state index in [0.717, 1.165) is 61.0 Å². The van der Waals surface area contributed by atoms with Crippen LogP contribution in [0, 0.1) is 0 Å². The van der Waals surface area contributed by atoms with E-state index in [2.05, 4.69) is 228 Å². The van der Waals surface area contributed by atoms with Crippen LogP contribution in [0.15, 0.2) is 223 Å². The molecule has 2 heterocycles. The Morgan fingerprint density at radius 1 is 0.373 bits per heavy atom. The molecule has 0 spiro atoms. The Hall–Kier alpha value is -7.88. The highest BCUT2D eigenvalue weighted by Crippen LogP contribution is 2.46. The van der Waals surface area contributed by atoms with Crippen LogP contribution < -0.4 is 4.90 Å². The first-order chi connectivity index (χ1) is 29.3. The van der Waals surface area contributed by atoms with Crippen LogP contribution in [0.4, 0.5) is 17.1 Å². The monoisotopic (exact) mass is 752 g/mol. The highest BCUT2D eigenvalue weighted by Gasteiger charge is 2.22. The summed E-state index contributed by atoms with van der Waals surface area (Å²) in [5.74, 6) is 0. The molecule has 0 atom stereocenters. The molecule has 3 heteroatoms. The zero-order chi connectivity index (χ0) is 38.9. The zero-order valence-corrected chi connectivity index (χ0v) is 32.1. The van der Waals surface area contributed by atoms with E-state index < -0.39 is 0 Å². The van der Waals surface area contributed by atoms with Crippen molar-refractivity contribution in [3.63, 3.8) is 0 Å². The summed E-state index contributed by atoms with van der Waals surface area (Å²) in [7, 11) is 0. The number of hydrogen-bond donors (Lipinski definition) is 0. The first kappa shape index (κ1) is 33.3. The molecule has 0 radical (unpaired) electrons. The van der Waals surface area contributed by atoms with Gasteiger partial charge in [-0.05, 0) is 111 Å². The molecule has 0 aliphatic carbocycles. The van der Waals surface area contributed by atoms with Crippen LogP contribution in [-0.2, 0) is 0 Å². The highest BCUT2D eigenvalue weighted by atomic mass is 16.3. The SMILES string of the molecule is c1ccc(-n2c3ccccc3c3c(-c4ccc(N(c5cccc(-c6ccc7ccccc7c6)c5)c5cccc6oc7c8ccccc8ccc7c56)cc4)cccc32)cc1. The van der Waals surface area contributed by atoms with E-state index in [1.807, 2.05) is 0 Å². The second kappa shape index (κ2) is 13.4. The number of aromatic nitrogens is 1. The molecular formula is C56H36N2O. The summed E-state index contributed by atoms with van der Waals surface area (Å²) in [6, 6.07) is 78.7. The molecule has 0 bridgehead atoms. The van der Waals surface area contributed by atoms with Crippen LogP contribution in [0.5, 0.6) is 0 Å². The van der Waals surface area contributed by atoms with Crippen molar-refractivity contribution < 1.29 is 4.42 Å². The van der Waals surface area contributed by atoms with Crippen molar-refractivity contribution in [2.45, 2.75) is 0 Å². The Bertz CT molecular complexity index is 3560. The summed E-state index contributed by atoms with van der Waals surface area (Å²) < 4.78 is 9.10. The number of fused-ring (bicyclic) bond motifs is 9. The van der Waals surface area contributed by atoms with Gasteiger partial charge in [0.25, 0.3) is 0 Å². The van der Waals surface area contributed by atoms with Crippen molar-refractivity contribution in [1.82, 2.24) is 4.57 Å². The van der Waals surface area contributed by atoms with Gasteiger partial charge in [-0.25, -0.2) is 0 Å². The molecule has 0 saturated heterocycles. The lowest BCUT2D eigenvalue weighted by Gasteiger charge is -2.27. The molecule has 0 N–H and O–H groups in total. The van der Waals surface area contributed by atoms with E-state index in [-0.39, 0.29) is 0 Å². The van der Waals surface area contributed by atoms with Crippen molar-refractivity contribution >= 4 is 82.4 Å². The van der Waals surface area contributed by atoms with E-state index in [9.17, 15) is 0 Å². The summed E-state index contributed by atoms with van der Waals surface area (Å²) in [4.78, 5) is 2.39. The van der Waals surface area contributed by atoms with Gasteiger partial charge in [0.15, 0.2) is 0 Å². The van der Waals surface area contributed by atoms with Crippen LogP contribution in [0.2, 0.25) is 0 Å². The minimum atomic E-state index is 0.864. The third-order valence-corrected chi connectivity index (χ3v) is 11.9. The van der Waals surface area contributed by atoms with Gasteiger partial charge in [0.05, 0.1) is 22.1 Å². The number of nitrogens with zero attached hydrogens (tertiary/aromatic N) is 2. The molecule has 0 saturated carbocycles. The fourth-order valence-corrected chi connectivity index (χ4v) is 9.25. The Kier molecular flexibility index (Phi) is 7.54. The van der Waals surface area contributed by atoms with E-state index in [4.69, 9.17) is 4.42 Å². The first-order valence-electron chi connectivity index (χ1n) is 20.2. The van der Waals surface area contributed by atoms with E-state index in [0.29, 0.717) is 0 Å². The van der Waals surface area contributed by atoms with Crippen molar-refractivity contribution in [3.05, 3.63) is 218 Å². The van der Waals surface area contributed by atoms with Gasteiger partial charge < -0.3 is 13.9 Å². The van der Waals surface area contributed by atoms with Crippen LogP contribution in [0.1, 0.15) is 0 Å². The third-order valence-electron chi connectivity index (χ3n) is 11.9. The lowest BCUT2D eigenvalue weighted by Crippen LogP contribution is -2.10. The van der Waals surface area contributed by atoms with Gasteiger partial charge in [-0.2, -0.15) is 0 Å². The zero-order valence-electron chi connectivity index (χ0n) is 32.1. The molecule has 12 rings (SSSR count). The predicted molar refractivity (Wildman–Crippen MR) is 249 cm³/mol. The number of rotatable bonds is 6. The standard InChI is InChI=1S/C56H36N2O/c1-2-17-43(18-3-1)58-50-23-9-8-21-48(50)54-46(22-11-24-51(54)58)39-29-32-44(33-30-39)57(45-19-10-16-41(36-45)42-28-27-37-13-4-5-15-40(37)35-42)52-25-12-26-53-55(52)49-34-31-38-14-6-7-20-47(38)56(49)59-53/h1-36H. The highest BCUT2D eigenvalue weighted by molar-refractivity contribution is 6.20. The topological polar surface area (TPSA) is 21.3 Å². The minimum absolute atomic E-state index is 0.864. The van der Waals surface area contributed by atoms with E-state index in [1.165, 1.54) is 49.3 Å². The first-order valence-corrected chi connectivity index (χ1v) is 20.2. The lowest BCUT2D eigenvalue weighted by atomic mass is 9.98. The van der Waals surface area contributed by atoms with Crippen molar-refractivity contribution in [1.29, 1.82) is 0 Å². The summed E-state index contributed by atoms with van der Waals surface area (Å²) in [6.07, 6.45) is 0. The third kappa shape index (κ3) is 5.36. The van der Waals surface area contributed by atoms with Gasteiger partial charge in [0.1, 0.15) is 11.2 Å². The maximum atomic E-state index is 6.72. The average Bonchev–Trinajstić information content (AvgIpc) is 3.87. The number of hydrogen-bond acceptors (Lipinski definition) is 2. The fourth-order valence-electron chi connectivity index (χ4n) is 9.25. The molecule has 3 nitrogen and oxygen atoms in total. The van der Waals surface area contributed by atoms with Crippen LogP contribution in [-0.4, -0.2) is 4.57 Å². The molecule has 0 unspecified atom stereocenters. The van der Waals surface area contributed by atoms with Crippen LogP contribution >= 0.6 is 0 Å². The minimum Gasteiger partial charge on any atom is -0.455 e. The molecule has 10 aromatic carbocycles. The van der Waals surface area contributed by atoms with Gasteiger partial charge >= 0.3 is 0 Å². The second-order valence-electron chi connectivity index (χ2n) is 15.3. The second-order valence-corrected chi connectivity index (χ2v) is 15.3. The van der Waals surface area contributed by atoms with Gasteiger partial charge in [0, 0.05) is 38.6 Å². The predicted octanol–water partition coefficient (Wildman–Crippen LogP) is 15.8. The molecule has 0 amide bonds. The normalized spacial score (nSPS) is 11.7. The molecule has 0 aliphatic rings. The molecule has 0 fully saturated rings. The smallest absolute Gasteiger partial charge is 0.143 e. The van der Waals surface area contributed by atoms with E-state index >= 15 is 0 Å². The Labute approximate surface area is 341 Å². The number of benzene rings is 10. The molecule has 59 heavy (non-hydrogen) atoms. The van der Waals surface area contributed by atoms with Crippen molar-refractivity contribution in [2.75, 3.05) is 4.90 Å². The maximum absolute atomic E-state index is 6.72. The van der Waals surface area contributed by atoms with Crippen LogP contribution in [0.25, 0.3) is 93.2 Å². The van der Waals surface area contributed by atoms with Gasteiger partial charge in [-0.15, -0.1) is 0 Å². The summed E-state index contributed by atoms with van der Waals surface area (Å²) in [6.45, 7) is 0. The maximum Gasteiger partial charge on any atom is 0.143 e. The van der Waals surface area contributed by atoms with Gasteiger partial charge in [-0.3, -0.25) is 0 Å². The molecule has 276 valence electrons. The Morgan fingerprint density at radius 2 is 1.05 bits per heavy atom. The number of anilines is 3. The molecular weight excluding hydrogens is 717 g/mol. The largest absolute Gasteiger partial charge is 0.455 e. The summed E-state index contributed by atoms with van der Waals surface area (Å²) in [5, 5.41) is 9.43. The average molecular weight is 753 g/mol. The lowest BCUT2D eigenvalue weighted by molar-refractivity contribution is 0.672. The fraction of sp³-hybridized carbons (Fsp3) is 0. The van der Waals surface area contributed by atoms with Crippen molar-refractivity contribution in [2.24, 2.45) is 0 Å². The molecule has 12 aromatic rings. The van der Waals surface area contributed by atoms with Crippen molar-refractivity contribution in [3.8, 4) is 27.9 Å². The van der Waals surface area contributed by atoms with Crippen LogP contribution in [0.3, 0.4) is 0 Å². The Morgan fingerprint density at radius 3 is 1.93 bits per heavy atom. The van der Waals surface area contributed by atoms with Gasteiger partial charge in [0.2, 0.25) is 0 Å². The summed E-state index contributed by atoms with van der Waals surface area (Å²) in [5.41, 5.74) is 13.2. The Balaban J connectivity index is 1.05. The molecule has 2 aromatic heterocycles. The number of furan rings is 1. The number of para-hydroxylation sites is 2. The molecule has 0 aliphatic heterocycles. The summed E-state index contributed by atoms with van der Waals surface area (Å²) >= 11 is 0. The van der Waals surface area contributed by atoms with Gasteiger partial charge in [-0.1, -0.05) is 146 Å². The quantitative estimate of drug-likeness (QED) is 0.169.